The molecule has 0 unspecified atom stereocenters. The number of nitrogens with zero attached hydrogens (tertiary/aromatic N) is 4. The van der Waals surface area contributed by atoms with Crippen molar-refractivity contribution in [1.82, 2.24) is 0 Å². The third kappa shape index (κ3) is 2.30. The Balaban J connectivity index is 3.48. The molecule has 0 fully saturated rings. The van der Waals surface area contributed by atoms with Gasteiger partial charge in [0.05, 0.1) is 33.9 Å². The highest BCUT2D eigenvalue weighted by Crippen LogP contribution is 2.26. The van der Waals surface area contributed by atoms with Crippen LogP contribution in [0.15, 0.2) is 0 Å². The smallest absolute Gasteiger partial charge is 0.226 e. The second-order valence-corrected chi connectivity index (χ2v) is 4.55. The highest BCUT2D eigenvalue weighted by Gasteiger charge is 2.28. The summed E-state index contributed by atoms with van der Waals surface area (Å²) in [5, 5.41) is 19.4. The van der Waals surface area contributed by atoms with Crippen LogP contribution in [0, 0.1) is 75.5 Å². The van der Waals surface area contributed by atoms with Crippen molar-refractivity contribution in [3.8, 4) is 18.2 Å². The standard InChI is InChI=1S/C16F6N4/c1-26-6(4-25)8-12(18)10-9(16(22)14(8)20)11(17)7(5(2-23)3-24)13(19)15(10)21/b8-6-. The molecule has 0 aliphatic carbocycles. The van der Waals surface area contributed by atoms with E-state index in [1.165, 1.54) is 0 Å². The summed E-state index contributed by atoms with van der Waals surface area (Å²) in [5.74, 6) is -13.0. The van der Waals surface area contributed by atoms with Crippen LogP contribution in [-0.2, 0) is 0 Å². The molecule has 0 N–H and O–H groups in total. The number of nitriles is 3. The predicted octanol–water partition coefficient (Wildman–Crippen LogP) is 2.42. The van der Waals surface area contributed by atoms with Crippen molar-refractivity contribution in [1.29, 1.82) is 15.8 Å². The number of rotatable bonds is 0. The molecule has 0 spiro atoms. The summed E-state index contributed by atoms with van der Waals surface area (Å²) in [6, 6.07) is 3.15. The molecule has 26 heavy (non-hydrogen) atoms. The Morgan fingerprint density at radius 1 is 0.654 bits per heavy atom. The molecule has 10 heteroatoms. The minimum absolute atomic E-state index is 1.05. The molecule has 2 aromatic carbocycles. The molecule has 0 aliphatic heterocycles. The minimum atomic E-state index is -2.22. The van der Waals surface area contributed by atoms with Crippen LogP contribution in [-0.4, -0.2) is 0 Å². The van der Waals surface area contributed by atoms with Crippen molar-refractivity contribution < 1.29 is 26.3 Å². The van der Waals surface area contributed by atoms with Crippen molar-refractivity contribution in [3.05, 3.63) is 56.8 Å². The van der Waals surface area contributed by atoms with Gasteiger partial charge in [-0.2, -0.15) is 10.5 Å². The van der Waals surface area contributed by atoms with Gasteiger partial charge in [-0.15, -0.1) is 0 Å². The van der Waals surface area contributed by atoms with Crippen molar-refractivity contribution in [2.45, 2.75) is 0 Å². The first-order valence-corrected chi connectivity index (χ1v) is 6.25. The Labute approximate surface area is 140 Å². The molecular formula is C16F6N4. The summed E-state index contributed by atoms with van der Waals surface area (Å²) in [6.45, 7) is 6.64. The average Bonchev–Trinajstić information content (AvgIpc) is 2.63. The van der Waals surface area contributed by atoms with Gasteiger partial charge in [-0.05, 0) is 0 Å². The lowest BCUT2D eigenvalue weighted by molar-refractivity contribution is 0.471. The number of fused-ring (bicyclic) bond motifs is 1. The Hall–Kier alpha value is -4.02. The van der Waals surface area contributed by atoms with E-state index in [1.54, 1.807) is 0 Å². The molecule has 0 amide bonds. The minimum Gasteiger partial charge on any atom is -0.226 e. The maximum absolute atomic E-state index is 14.4. The molecule has 0 atom stereocenters. The first-order chi connectivity index (χ1) is 12.3. The van der Waals surface area contributed by atoms with Crippen molar-refractivity contribution >= 4 is 22.0 Å². The van der Waals surface area contributed by atoms with Gasteiger partial charge in [-0.25, -0.2) is 36.4 Å². The lowest BCUT2D eigenvalue weighted by Gasteiger charge is -2.09. The molecule has 4 nitrogen and oxygen atoms in total. The van der Waals surface area contributed by atoms with Crippen LogP contribution >= 0.6 is 0 Å². The molecule has 126 valence electrons. The lowest BCUT2D eigenvalue weighted by Crippen LogP contribution is -2.25. The molecule has 0 saturated carbocycles. The molecular weight excluding hydrogens is 362 g/mol. The zero-order chi connectivity index (χ0) is 19.8. The molecule has 0 aliphatic rings. The van der Waals surface area contributed by atoms with E-state index in [4.69, 9.17) is 22.4 Å². The van der Waals surface area contributed by atoms with Crippen LogP contribution in [0.1, 0.15) is 0 Å². The van der Waals surface area contributed by atoms with Crippen molar-refractivity contribution in [2.24, 2.45) is 0 Å². The van der Waals surface area contributed by atoms with E-state index in [9.17, 15) is 26.3 Å². The van der Waals surface area contributed by atoms with Gasteiger partial charge in [0, 0.05) is 0 Å². The normalized spacial score (nSPS) is 11.2. The topological polar surface area (TPSA) is 75.7 Å². The summed E-state index contributed by atoms with van der Waals surface area (Å²) < 4.78 is 85.4. The van der Waals surface area contributed by atoms with Crippen LogP contribution in [0.5, 0.6) is 0 Å². The summed E-state index contributed by atoms with van der Waals surface area (Å²) in [7, 11) is 0. The van der Waals surface area contributed by atoms with Crippen LogP contribution in [0.25, 0.3) is 26.9 Å². The monoisotopic (exact) mass is 362 g/mol. The second-order valence-electron chi connectivity index (χ2n) is 4.55. The van der Waals surface area contributed by atoms with Gasteiger partial charge in [0.2, 0.25) is 0 Å². The van der Waals surface area contributed by atoms with Gasteiger partial charge in [-0.1, -0.05) is 0 Å². The first-order valence-electron chi connectivity index (χ1n) is 6.25. The van der Waals surface area contributed by atoms with E-state index in [1.807, 2.05) is 0 Å². The third-order valence-electron chi connectivity index (χ3n) is 3.32. The van der Waals surface area contributed by atoms with Crippen molar-refractivity contribution in [3.63, 3.8) is 0 Å². The molecule has 0 aromatic heterocycles. The van der Waals surface area contributed by atoms with Gasteiger partial charge in [0.15, 0.2) is 23.3 Å². The lowest BCUT2D eigenvalue weighted by atomic mass is 10.0. The molecule has 2 rings (SSSR count). The number of hydrogen-bond acceptors (Lipinski definition) is 3. The van der Waals surface area contributed by atoms with E-state index in [0.29, 0.717) is 0 Å². The van der Waals surface area contributed by atoms with Gasteiger partial charge < -0.3 is 0 Å². The maximum Gasteiger partial charge on any atom is 0.274 e. The fourth-order valence-corrected chi connectivity index (χ4v) is 2.21. The highest BCUT2D eigenvalue weighted by molar-refractivity contribution is 5.88. The Morgan fingerprint density at radius 2 is 1.08 bits per heavy atom. The fourth-order valence-electron chi connectivity index (χ4n) is 2.21. The highest BCUT2D eigenvalue weighted by atomic mass is 19.2. The predicted molar refractivity (Wildman–Crippen MR) is 73.2 cm³/mol. The van der Waals surface area contributed by atoms with E-state index in [-0.39, 0.29) is 0 Å². The molecule has 2 aromatic rings. The molecule has 0 saturated heterocycles. The summed E-state index contributed by atoms with van der Waals surface area (Å²) >= 11 is 0. The van der Waals surface area contributed by atoms with E-state index in [2.05, 4.69) is 4.85 Å². The number of halogens is 6. The maximum atomic E-state index is 14.4. The zero-order valence-corrected chi connectivity index (χ0v) is 12.1. The fraction of sp³-hybridized carbons (Fsp3) is 0. The zero-order valence-electron chi connectivity index (χ0n) is 12.1. The molecule has 0 bridgehead atoms. The van der Waals surface area contributed by atoms with Gasteiger partial charge in [0.1, 0.15) is 29.3 Å². The van der Waals surface area contributed by atoms with E-state index >= 15 is 0 Å². The van der Waals surface area contributed by atoms with Crippen LogP contribution in [0.2, 0.25) is 0 Å². The van der Waals surface area contributed by atoms with Gasteiger partial charge in [-0.3, -0.25) is 0 Å². The Bertz CT molecular complexity index is 1150. The summed E-state index contributed by atoms with van der Waals surface area (Å²) in [5.41, 5.74) is -2.61. The third-order valence-corrected chi connectivity index (χ3v) is 3.32. The molecule has 0 heterocycles. The SMILES string of the molecule is [C-]#[N+]/C(C#N)=c1\c(F)c(F)c2c(F)c(=C(C#N)C#N)c(F)c(F)c2c1F. The van der Waals surface area contributed by atoms with Gasteiger partial charge >= 0.3 is 0 Å². The number of hydrogen-bond donors (Lipinski definition) is 0. The summed E-state index contributed by atoms with van der Waals surface area (Å²) in [4.78, 5) is 2.45. The van der Waals surface area contributed by atoms with Gasteiger partial charge in [0.25, 0.3) is 5.70 Å². The average molecular weight is 362 g/mol. The van der Waals surface area contributed by atoms with E-state index < -0.39 is 67.4 Å². The Kier molecular flexibility index (Phi) is 4.56. The second kappa shape index (κ2) is 6.47. The number of benzene rings is 2. The van der Waals surface area contributed by atoms with Crippen LogP contribution < -0.4 is 10.4 Å². The Morgan fingerprint density at radius 3 is 1.46 bits per heavy atom. The van der Waals surface area contributed by atoms with Crippen LogP contribution in [0.3, 0.4) is 0 Å². The first kappa shape index (κ1) is 18.3. The van der Waals surface area contributed by atoms with E-state index in [0.717, 1.165) is 18.2 Å². The quantitative estimate of drug-likeness (QED) is 0.410. The summed E-state index contributed by atoms with van der Waals surface area (Å²) in [6.07, 6.45) is 0. The largest absolute Gasteiger partial charge is 0.274 e. The van der Waals surface area contributed by atoms with Crippen LogP contribution in [0.4, 0.5) is 26.3 Å². The van der Waals surface area contributed by atoms with Crippen molar-refractivity contribution in [2.75, 3.05) is 0 Å². The molecule has 0 radical (unpaired) electrons.